The first-order chi connectivity index (χ1) is 6.08. The molecule has 0 spiro atoms. The smallest absolute Gasteiger partial charge is 0.102 e. The number of rotatable bonds is 4. The van der Waals surface area contributed by atoms with Crippen LogP contribution in [0.15, 0.2) is 4.99 Å². The van der Waals surface area contributed by atoms with E-state index in [1.54, 1.807) is 0 Å². The summed E-state index contributed by atoms with van der Waals surface area (Å²) in [5, 5.41) is 0. The van der Waals surface area contributed by atoms with E-state index in [0.717, 1.165) is 0 Å². The lowest BCUT2D eigenvalue weighted by Gasteiger charge is -2.29. The fourth-order valence-corrected chi connectivity index (χ4v) is 1.55. The van der Waals surface area contributed by atoms with E-state index in [-0.39, 0.29) is 0 Å². The molecule has 13 heavy (non-hydrogen) atoms. The van der Waals surface area contributed by atoms with Crippen LogP contribution in [0, 0.1) is 5.92 Å². The third kappa shape index (κ3) is 3.37. The lowest BCUT2D eigenvalue weighted by molar-refractivity contribution is 0.385. The number of nitrogens with zero attached hydrogens (tertiary/aromatic N) is 2. The topological polar surface area (TPSA) is 15.6 Å². The van der Waals surface area contributed by atoms with Gasteiger partial charge in [0.15, 0.2) is 0 Å². The van der Waals surface area contributed by atoms with Gasteiger partial charge in [0.1, 0.15) is 5.84 Å². The van der Waals surface area contributed by atoms with E-state index in [4.69, 9.17) is 0 Å². The van der Waals surface area contributed by atoms with Crippen molar-refractivity contribution in [2.75, 3.05) is 14.1 Å². The highest BCUT2D eigenvalue weighted by atomic mass is 15.2. The van der Waals surface area contributed by atoms with E-state index in [1.807, 2.05) is 7.05 Å². The number of hydrogen-bond acceptors (Lipinski definition) is 1. The van der Waals surface area contributed by atoms with Crippen LogP contribution in [0.25, 0.3) is 0 Å². The van der Waals surface area contributed by atoms with Crippen LogP contribution >= 0.6 is 0 Å². The predicted octanol–water partition coefficient (Wildman–Crippen LogP) is 2.79. The van der Waals surface area contributed by atoms with Crippen LogP contribution in [0.3, 0.4) is 0 Å². The molecule has 0 saturated carbocycles. The van der Waals surface area contributed by atoms with Crippen molar-refractivity contribution in [3.05, 3.63) is 0 Å². The first-order valence-electron chi connectivity index (χ1n) is 5.27. The standard InChI is InChI=1S/C11H24N2/c1-7-10(8-2)11(12-5)13(6)9(3)4/h9-10H,7-8H2,1-6H3. The second-order valence-electron chi connectivity index (χ2n) is 3.80. The van der Waals surface area contributed by atoms with Gasteiger partial charge < -0.3 is 4.90 Å². The molecular formula is C11H24N2. The van der Waals surface area contributed by atoms with Crippen LogP contribution in [0.2, 0.25) is 0 Å². The fourth-order valence-electron chi connectivity index (χ4n) is 1.55. The van der Waals surface area contributed by atoms with Crippen molar-refractivity contribution in [3.63, 3.8) is 0 Å². The summed E-state index contributed by atoms with van der Waals surface area (Å²) >= 11 is 0. The van der Waals surface area contributed by atoms with Crippen LogP contribution in [0.5, 0.6) is 0 Å². The third-order valence-corrected chi connectivity index (χ3v) is 2.72. The van der Waals surface area contributed by atoms with E-state index in [1.165, 1.54) is 18.7 Å². The monoisotopic (exact) mass is 184 g/mol. The Kier molecular flexibility index (Phi) is 5.76. The minimum atomic E-state index is 0.541. The zero-order valence-electron chi connectivity index (χ0n) is 9.96. The van der Waals surface area contributed by atoms with Gasteiger partial charge in [-0.3, -0.25) is 4.99 Å². The molecule has 0 atom stereocenters. The highest BCUT2D eigenvalue weighted by molar-refractivity contribution is 5.84. The summed E-state index contributed by atoms with van der Waals surface area (Å²) in [6, 6.07) is 0.541. The lowest BCUT2D eigenvalue weighted by Crippen LogP contribution is -2.37. The van der Waals surface area contributed by atoms with Gasteiger partial charge in [0, 0.05) is 26.1 Å². The summed E-state index contributed by atoms with van der Waals surface area (Å²) in [6.07, 6.45) is 2.36. The third-order valence-electron chi connectivity index (χ3n) is 2.72. The van der Waals surface area contributed by atoms with Crippen molar-refractivity contribution in [1.29, 1.82) is 0 Å². The van der Waals surface area contributed by atoms with Crippen LogP contribution in [-0.4, -0.2) is 30.9 Å². The minimum Gasteiger partial charge on any atom is -0.361 e. The van der Waals surface area contributed by atoms with Crippen LogP contribution in [-0.2, 0) is 0 Å². The van der Waals surface area contributed by atoms with E-state index in [0.29, 0.717) is 12.0 Å². The van der Waals surface area contributed by atoms with E-state index < -0.39 is 0 Å². The number of hydrogen-bond donors (Lipinski definition) is 0. The van der Waals surface area contributed by atoms with Crippen molar-refractivity contribution in [3.8, 4) is 0 Å². The largest absolute Gasteiger partial charge is 0.361 e. The molecule has 0 aromatic heterocycles. The van der Waals surface area contributed by atoms with Crippen LogP contribution in [0.1, 0.15) is 40.5 Å². The Morgan fingerprint density at radius 2 is 1.69 bits per heavy atom. The molecule has 2 heteroatoms. The molecule has 0 aliphatic rings. The molecule has 0 unspecified atom stereocenters. The summed E-state index contributed by atoms with van der Waals surface area (Å²) in [5.74, 6) is 1.87. The van der Waals surface area contributed by atoms with E-state index in [2.05, 4.69) is 44.6 Å². The molecule has 0 aromatic carbocycles. The molecule has 0 N–H and O–H groups in total. The van der Waals surface area contributed by atoms with Crippen LogP contribution in [0.4, 0.5) is 0 Å². The summed E-state index contributed by atoms with van der Waals surface area (Å²) in [4.78, 5) is 6.67. The molecule has 0 amide bonds. The zero-order valence-corrected chi connectivity index (χ0v) is 9.96. The molecule has 2 nitrogen and oxygen atoms in total. The fraction of sp³-hybridized carbons (Fsp3) is 0.909. The second-order valence-corrected chi connectivity index (χ2v) is 3.80. The number of amidine groups is 1. The Labute approximate surface area is 83.0 Å². The Balaban J connectivity index is 4.50. The maximum atomic E-state index is 4.39. The molecule has 0 aromatic rings. The Bertz CT molecular complexity index is 153. The van der Waals surface area contributed by atoms with Gasteiger partial charge in [0.2, 0.25) is 0 Å². The number of aliphatic imine (C=N–C) groups is 1. The maximum Gasteiger partial charge on any atom is 0.102 e. The van der Waals surface area contributed by atoms with Gasteiger partial charge in [-0.2, -0.15) is 0 Å². The summed E-state index contributed by atoms with van der Waals surface area (Å²) < 4.78 is 0. The quantitative estimate of drug-likeness (QED) is 0.484. The summed E-state index contributed by atoms with van der Waals surface area (Å²) in [6.45, 7) is 8.86. The average Bonchev–Trinajstić information content (AvgIpc) is 2.12. The summed E-state index contributed by atoms with van der Waals surface area (Å²) in [5.41, 5.74) is 0. The molecule has 0 aliphatic carbocycles. The molecule has 0 rings (SSSR count). The van der Waals surface area contributed by atoms with Crippen molar-refractivity contribution in [2.24, 2.45) is 10.9 Å². The van der Waals surface area contributed by atoms with Gasteiger partial charge in [0.25, 0.3) is 0 Å². The molecule has 0 bridgehead atoms. The van der Waals surface area contributed by atoms with E-state index >= 15 is 0 Å². The SMILES string of the molecule is CCC(CC)C(=NC)N(C)C(C)C. The summed E-state index contributed by atoms with van der Waals surface area (Å²) in [7, 11) is 4.03. The van der Waals surface area contributed by atoms with Crippen molar-refractivity contribution < 1.29 is 0 Å². The Morgan fingerprint density at radius 3 is 1.92 bits per heavy atom. The van der Waals surface area contributed by atoms with Crippen molar-refractivity contribution in [2.45, 2.75) is 46.6 Å². The molecule has 0 aliphatic heterocycles. The van der Waals surface area contributed by atoms with Gasteiger partial charge >= 0.3 is 0 Å². The minimum absolute atomic E-state index is 0.541. The molecule has 0 radical (unpaired) electrons. The molecular weight excluding hydrogens is 160 g/mol. The lowest BCUT2D eigenvalue weighted by atomic mass is 10.0. The highest BCUT2D eigenvalue weighted by Crippen LogP contribution is 2.14. The van der Waals surface area contributed by atoms with Gasteiger partial charge in [-0.1, -0.05) is 13.8 Å². The first kappa shape index (κ1) is 12.5. The van der Waals surface area contributed by atoms with Crippen molar-refractivity contribution >= 4 is 5.84 Å². The Morgan fingerprint density at radius 1 is 1.23 bits per heavy atom. The predicted molar refractivity (Wildman–Crippen MR) is 60.3 cm³/mol. The maximum absolute atomic E-state index is 4.39. The van der Waals surface area contributed by atoms with Gasteiger partial charge in [-0.25, -0.2) is 0 Å². The zero-order chi connectivity index (χ0) is 10.4. The second kappa shape index (κ2) is 6.01. The van der Waals surface area contributed by atoms with Gasteiger partial charge in [-0.15, -0.1) is 0 Å². The van der Waals surface area contributed by atoms with Crippen LogP contribution < -0.4 is 0 Å². The van der Waals surface area contributed by atoms with Gasteiger partial charge in [0.05, 0.1) is 0 Å². The molecule has 78 valence electrons. The first-order valence-corrected chi connectivity index (χ1v) is 5.27. The van der Waals surface area contributed by atoms with E-state index in [9.17, 15) is 0 Å². The normalized spacial score (nSPS) is 12.8. The van der Waals surface area contributed by atoms with Gasteiger partial charge in [-0.05, 0) is 26.7 Å². The molecule has 0 fully saturated rings. The highest BCUT2D eigenvalue weighted by Gasteiger charge is 2.17. The Hall–Kier alpha value is -0.530. The average molecular weight is 184 g/mol. The molecule has 0 heterocycles. The molecule has 0 saturated heterocycles. The van der Waals surface area contributed by atoms with Crippen molar-refractivity contribution in [1.82, 2.24) is 4.90 Å².